The van der Waals surface area contributed by atoms with Gasteiger partial charge in [0.15, 0.2) is 5.16 Å². The molecule has 9 heteroatoms. The van der Waals surface area contributed by atoms with E-state index in [4.69, 9.17) is 4.74 Å². The van der Waals surface area contributed by atoms with Crippen LogP contribution in [0.4, 0.5) is 5.00 Å². The Bertz CT molecular complexity index is 856. The molecule has 3 rings (SSSR count). The Morgan fingerprint density at radius 2 is 2.07 bits per heavy atom. The fourth-order valence-corrected chi connectivity index (χ4v) is 5.44. The van der Waals surface area contributed by atoms with Gasteiger partial charge in [0.2, 0.25) is 5.91 Å². The van der Waals surface area contributed by atoms with E-state index < -0.39 is 5.97 Å². The Morgan fingerprint density at radius 1 is 1.31 bits per heavy atom. The number of hydrogen-bond acceptors (Lipinski definition) is 7. The number of anilines is 1. The summed E-state index contributed by atoms with van der Waals surface area (Å²) in [7, 11) is 1.33. The summed E-state index contributed by atoms with van der Waals surface area (Å²) in [5.74, 6) is 1.29. The summed E-state index contributed by atoms with van der Waals surface area (Å²) in [6, 6.07) is 1.73. The highest BCUT2D eigenvalue weighted by Crippen LogP contribution is 2.29. The second kappa shape index (κ2) is 10.2. The Morgan fingerprint density at radius 3 is 2.76 bits per heavy atom. The van der Waals surface area contributed by atoms with Crippen molar-refractivity contribution in [3.8, 4) is 0 Å². The smallest absolute Gasteiger partial charge is 0.340 e. The lowest BCUT2D eigenvalue weighted by Gasteiger charge is -2.21. The number of aryl methyl sites for hydroxylation is 1. The normalized spacial score (nSPS) is 14.7. The van der Waals surface area contributed by atoms with Crippen LogP contribution in [0.2, 0.25) is 0 Å². The lowest BCUT2D eigenvalue weighted by Crippen LogP contribution is -2.16. The van der Waals surface area contributed by atoms with Gasteiger partial charge in [0.05, 0.1) is 18.4 Å². The van der Waals surface area contributed by atoms with Crippen LogP contribution in [0.15, 0.2) is 11.2 Å². The van der Waals surface area contributed by atoms with Gasteiger partial charge in [0.25, 0.3) is 0 Å². The van der Waals surface area contributed by atoms with Gasteiger partial charge in [0, 0.05) is 17.8 Å². The number of thioether (sulfide) groups is 1. The number of nitrogens with one attached hydrogen (secondary N) is 1. The van der Waals surface area contributed by atoms with Crippen molar-refractivity contribution in [2.45, 2.75) is 64.1 Å². The summed E-state index contributed by atoms with van der Waals surface area (Å²) in [6.07, 6.45) is 7.46. The number of aromatic nitrogens is 3. The molecule has 2 aromatic rings. The molecule has 1 fully saturated rings. The van der Waals surface area contributed by atoms with Crippen LogP contribution in [-0.2, 0) is 22.5 Å². The molecule has 7 nitrogen and oxygen atoms in total. The van der Waals surface area contributed by atoms with E-state index in [1.54, 1.807) is 6.07 Å². The molecule has 1 aliphatic carbocycles. The van der Waals surface area contributed by atoms with Crippen LogP contribution >= 0.6 is 23.1 Å². The molecule has 2 aromatic heterocycles. The van der Waals surface area contributed by atoms with Crippen LogP contribution in [0, 0.1) is 12.8 Å². The van der Waals surface area contributed by atoms with Crippen molar-refractivity contribution >= 4 is 40.0 Å². The summed E-state index contributed by atoms with van der Waals surface area (Å²) in [4.78, 5) is 25.2. The van der Waals surface area contributed by atoms with Crippen molar-refractivity contribution in [2.75, 3.05) is 18.2 Å². The van der Waals surface area contributed by atoms with Gasteiger partial charge in [-0.2, -0.15) is 0 Å². The number of methoxy groups -OCH3 is 1. The predicted octanol–water partition coefficient (Wildman–Crippen LogP) is 4.31. The van der Waals surface area contributed by atoms with Crippen molar-refractivity contribution in [3.63, 3.8) is 0 Å². The molecule has 0 spiro atoms. The first kappa shape index (κ1) is 21.8. The third-order valence-electron chi connectivity index (χ3n) is 5.15. The standard InChI is InChI=1S/C20H28N4O3S2/c1-4-24-16(11-14-8-6-5-7-9-14)22-23-20(24)28-12-17(25)21-18-15(19(26)27-3)10-13(2)29-18/h10,14H,4-9,11-12H2,1-3H3,(H,21,25). The average Bonchev–Trinajstić information content (AvgIpc) is 3.28. The van der Waals surface area contributed by atoms with E-state index in [0.29, 0.717) is 16.5 Å². The van der Waals surface area contributed by atoms with E-state index in [-0.39, 0.29) is 11.7 Å². The molecular weight excluding hydrogens is 408 g/mol. The van der Waals surface area contributed by atoms with Gasteiger partial charge in [-0.3, -0.25) is 4.79 Å². The van der Waals surface area contributed by atoms with Gasteiger partial charge in [0.1, 0.15) is 10.8 Å². The second-order valence-corrected chi connectivity index (χ2v) is 9.48. The van der Waals surface area contributed by atoms with Gasteiger partial charge in [-0.25, -0.2) is 4.79 Å². The molecule has 1 amide bonds. The van der Waals surface area contributed by atoms with E-state index in [1.165, 1.54) is 62.3 Å². The number of rotatable bonds is 8. The lowest BCUT2D eigenvalue weighted by molar-refractivity contribution is -0.113. The minimum atomic E-state index is -0.449. The van der Waals surface area contributed by atoms with Gasteiger partial charge >= 0.3 is 5.97 Å². The summed E-state index contributed by atoms with van der Waals surface area (Å²) in [5, 5.41) is 12.8. The van der Waals surface area contributed by atoms with E-state index in [2.05, 4.69) is 27.0 Å². The van der Waals surface area contributed by atoms with Crippen LogP contribution < -0.4 is 5.32 Å². The number of hydrogen-bond donors (Lipinski definition) is 1. The largest absolute Gasteiger partial charge is 0.465 e. The maximum atomic E-state index is 12.4. The molecule has 0 unspecified atom stereocenters. The Kier molecular flexibility index (Phi) is 7.71. The third kappa shape index (κ3) is 5.60. The number of amides is 1. The van der Waals surface area contributed by atoms with Crippen molar-refractivity contribution in [2.24, 2.45) is 5.92 Å². The number of carbonyl (C=O) groups is 2. The number of thiophene rings is 1. The molecule has 1 aliphatic rings. The van der Waals surface area contributed by atoms with E-state index >= 15 is 0 Å². The van der Waals surface area contributed by atoms with Crippen LogP contribution in [0.5, 0.6) is 0 Å². The predicted molar refractivity (Wildman–Crippen MR) is 116 cm³/mol. The van der Waals surface area contributed by atoms with Gasteiger partial charge < -0.3 is 14.6 Å². The van der Waals surface area contributed by atoms with E-state index in [9.17, 15) is 9.59 Å². The molecular formula is C20H28N4O3S2. The summed E-state index contributed by atoms with van der Waals surface area (Å²) in [6.45, 7) is 4.75. The summed E-state index contributed by atoms with van der Waals surface area (Å²) < 4.78 is 6.90. The minimum Gasteiger partial charge on any atom is -0.465 e. The fraction of sp³-hybridized carbons (Fsp3) is 0.600. The Labute approximate surface area is 179 Å². The summed E-state index contributed by atoms with van der Waals surface area (Å²) in [5.41, 5.74) is 0.389. The topological polar surface area (TPSA) is 86.1 Å². The molecule has 158 valence electrons. The van der Waals surface area contributed by atoms with E-state index in [1.807, 2.05) is 6.92 Å². The highest BCUT2D eigenvalue weighted by Gasteiger charge is 2.21. The van der Waals surface area contributed by atoms with Crippen LogP contribution in [0.1, 0.15) is 60.1 Å². The number of carbonyl (C=O) groups excluding carboxylic acids is 2. The molecule has 1 saturated carbocycles. The van der Waals surface area contributed by atoms with Crippen molar-refractivity contribution in [1.82, 2.24) is 14.8 Å². The molecule has 29 heavy (non-hydrogen) atoms. The number of nitrogens with zero attached hydrogens (tertiary/aromatic N) is 3. The average molecular weight is 437 g/mol. The molecule has 2 heterocycles. The van der Waals surface area contributed by atoms with Crippen LogP contribution in [0.25, 0.3) is 0 Å². The van der Waals surface area contributed by atoms with Gasteiger partial charge in [-0.15, -0.1) is 21.5 Å². The zero-order chi connectivity index (χ0) is 20.8. The molecule has 0 radical (unpaired) electrons. The first-order chi connectivity index (χ1) is 14.0. The molecule has 0 aromatic carbocycles. The lowest BCUT2D eigenvalue weighted by atomic mass is 9.87. The Balaban J connectivity index is 1.60. The van der Waals surface area contributed by atoms with Crippen molar-refractivity contribution in [3.05, 3.63) is 22.3 Å². The Hall–Kier alpha value is -1.87. The fourth-order valence-electron chi connectivity index (χ4n) is 3.71. The molecule has 0 saturated heterocycles. The SMILES string of the molecule is CCn1c(CC2CCCCC2)nnc1SCC(=O)Nc1sc(C)cc1C(=O)OC. The second-order valence-electron chi connectivity index (χ2n) is 7.28. The third-order valence-corrected chi connectivity index (χ3v) is 7.08. The maximum Gasteiger partial charge on any atom is 0.340 e. The van der Waals surface area contributed by atoms with Gasteiger partial charge in [-0.1, -0.05) is 43.9 Å². The highest BCUT2D eigenvalue weighted by molar-refractivity contribution is 7.99. The number of esters is 1. The first-order valence-corrected chi connectivity index (χ1v) is 11.9. The number of ether oxygens (including phenoxy) is 1. The van der Waals surface area contributed by atoms with Crippen molar-refractivity contribution in [1.29, 1.82) is 0 Å². The van der Waals surface area contributed by atoms with Gasteiger partial charge in [-0.05, 0) is 25.8 Å². The monoisotopic (exact) mass is 436 g/mol. The maximum absolute atomic E-state index is 12.4. The van der Waals surface area contributed by atoms with E-state index in [0.717, 1.165) is 28.8 Å². The zero-order valence-electron chi connectivity index (χ0n) is 17.2. The molecule has 0 bridgehead atoms. The summed E-state index contributed by atoms with van der Waals surface area (Å²) >= 11 is 2.74. The van der Waals surface area contributed by atoms with Crippen LogP contribution in [-0.4, -0.2) is 39.5 Å². The van der Waals surface area contributed by atoms with Crippen molar-refractivity contribution < 1.29 is 14.3 Å². The zero-order valence-corrected chi connectivity index (χ0v) is 18.8. The molecule has 0 aliphatic heterocycles. The molecule has 1 N–H and O–H groups in total. The highest BCUT2D eigenvalue weighted by atomic mass is 32.2. The van der Waals surface area contributed by atoms with Crippen LogP contribution in [0.3, 0.4) is 0 Å². The first-order valence-electron chi connectivity index (χ1n) is 10.0. The minimum absolute atomic E-state index is 0.179. The quantitative estimate of drug-likeness (QED) is 0.490. The molecule has 0 atom stereocenters.